The van der Waals surface area contributed by atoms with Crippen LogP contribution in [-0.4, -0.2) is 18.3 Å². The molecule has 2 N–H and O–H groups in total. The van der Waals surface area contributed by atoms with E-state index in [4.69, 9.17) is 5.73 Å². The minimum absolute atomic E-state index is 0.0596. The molecule has 0 saturated heterocycles. The maximum absolute atomic E-state index is 6.30. The smallest absolute Gasteiger partial charge is 0.168 e. The van der Waals surface area contributed by atoms with Crippen LogP contribution in [0.25, 0.3) is 0 Å². The van der Waals surface area contributed by atoms with E-state index in [2.05, 4.69) is 43.7 Å². The fourth-order valence-electron chi connectivity index (χ4n) is 2.98. The third-order valence-electron chi connectivity index (χ3n) is 3.71. The first-order chi connectivity index (χ1) is 8.89. The van der Waals surface area contributed by atoms with Gasteiger partial charge >= 0.3 is 0 Å². The number of anilines is 2. The average molecular weight is 275 g/mol. The molecule has 2 heterocycles. The lowest BCUT2D eigenvalue weighted by atomic mass is 9.84. The van der Waals surface area contributed by atoms with Crippen LogP contribution >= 0.6 is 11.8 Å². The zero-order valence-electron chi connectivity index (χ0n) is 12.1. The highest BCUT2D eigenvalue weighted by molar-refractivity contribution is 8.14. The number of thioether (sulfide) groups is 1. The summed E-state index contributed by atoms with van der Waals surface area (Å²) in [6, 6.07) is 2.12. The summed E-state index contributed by atoms with van der Waals surface area (Å²) in [4.78, 5) is 8.36. The van der Waals surface area contributed by atoms with Crippen LogP contribution in [0.3, 0.4) is 0 Å². The SMILES string of the molecule is Cc1cc(N)c(C(C)(C)C)c2c1N1CCCN=C1S2. The zero-order chi connectivity index (χ0) is 13.8. The van der Waals surface area contributed by atoms with Gasteiger partial charge in [0.25, 0.3) is 0 Å². The molecule has 0 unspecified atom stereocenters. The molecule has 4 heteroatoms. The van der Waals surface area contributed by atoms with Gasteiger partial charge in [-0.1, -0.05) is 20.8 Å². The molecule has 2 aliphatic rings. The first kappa shape index (κ1) is 12.9. The Balaban J connectivity index is 2.25. The molecule has 1 aromatic rings. The highest BCUT2D eigenvalue weighted by Gasteiger charge is 2.35. The van der Waals surface area contributed by atoms with Crippen molar-refractivity contribution in [2.24, 2.45) is 4.99 Å². The summed E-state index contributed by atoms with van der Waals surface area (Å²) in [5, 5.41) is 1.15. The van der Waals surface area contributed by atoms with Crippen LogP contribution in [0.15, 0.2) is 16.0 Å². The fraction of sp³-hybridized carbons (Fsp3) is 0.533. The number of rotatable bonds is 0. The Hall–Kier alpha value is -1.16. The molecule has 0 bridgehead atoms. The predicted molar refractivity (Wildman–Crippen MR) is 84.4 cm³/mol. The standard InChI is InChI=1S/C15H21N3S/c1-9-8-10(16)11(15(2,3)4)13-12(9)18-7-5-6-17-14(18)19-13/h8H,5-7,16H2,1-4H3. The molecular weight excluding hydrogens is 254 g/mol. The molecule has 102 valence electrons. The van der Waals surface area contributed by atoms with Crippen LogP contribution in [-0.2, 0) is 5.41 Å². The monoisotopic (exact) mass is 275 g/mol. The summed E-state index contributed by atoms with van der Waals surface area (Å²) in [6.45, 7) is 10.9. The third kappa shape index (κ3) is 1.93. The van der Waals surface area contributed by atoms with Gasteiger partial charge in [0.15, 0.2) is 5.17 Å². The number of nitrogens with two attached hydrogens (primary N) is 1. The topological polar surface area (TPSA) is 41.6 Å². The Morgan fingerprint density at radius 1 is 1.37 bits per heavy atom. The van der Waals surface area contributed by atoms with Crippen molar-refractivity contribution in [2.75, 3.05) is 23.7 Å². The molecule has 0 amide bonds. The van der Waals surface area contributed by atoms with Gasteiger partial charge in [0, 0.05) is 23.7 Å². The molecule has 1 aromatic carbocycles. The van der Waals surface area contributed by atoms with Gasteiger partial charge in [-0.05, 0) is 47.7 Å². The van der Waals surface area contributed by atoms with Gasteiger partial charge in [0.1, 0.15) is 0 Å². The maximum atomic E-state index is 6.30. The zero-order valence-corrected chi connectivity index (χ0v) is 12.9. The van der Waals surface area contributed by atoms with E-state index in [1.807, 2.05) is 0 Å². The molecule has 0 radical (unpaired) electrons. The first-order valence-electron chi connectivity index (χ1n) is 6.83. The Morgan fingerprint density at radius 3 is 2.79 bits per heavy atom. The number of nitrogens with zero attached hydrogens (tertiary/aromatic N) is 2. The molecule has 0 atom stereocenters. The molecule has 0 fully saturated rings. The van der Waals surface area contributed by atoms with Gasteiger partial charge in [0.05, 0.1) is 5.69 Å². The van der Waals surface area contributed by atoms with Crippen molar-refractivity contribution in [1.29, 1.82) is 0 Å². The average Bonchev–Trinajstić information content (AvgIpc) is 2.65. The number of amidine groups is 1. The predicted octanol–water partition coefficient (Wildman–Crippen LogP) is 3.55. The number of benzene rings is 1. The Labute approximate surface area is 119 Å². The maximum Gasteiger partial charge on any atom is 0.168 e. The van der Waals surface area contributed by atoms with E-state index in [0.717, 1.165) is 30.4 Å². The van der Waals surface area contributed by atoms with Gasteiger partial charge in [0.2, 0.25) is 0 Å². The lowest BCUT2D eigenvalue weighted by Gasteiger charge is -2.27. The Bertz CT molecular complexity index is 570. The van der Waals surface area contributed by atoms with E-state index in [1.165, 1.54) is 21.7 Å². The van der Waals surface area contributed by atoms with Crippen LogP contribution in [0, 0.1) is 6.92 Å². The Kier molecular flexibility index (Phi) is 2.82. The second-order valence-electron chi connectivity index (χ2n) is 6.36. The summed E-state index contributed by atoms with van der Waals surface area (Å²) in [7, 11) is 0. The third-order valence-corrected chi connectivity index (χ3v) is 4.84. The van der Waals surface area contributed by atoms with Crippen LogP contribution in [0.1, 0.15) is 38.3 Å². The number of aliphatic imine (C=N–C) groups is 1. The summed E-state index contributed by atoms with van der Waals surface area (Å²) < 4.78 is 0. The van der Waals surface area contributed by atoms with Crippen LogP contribution in [0.4, 0.5) is 11.4 Å². The van der Waals surface area contributed by atoms with E-state index >= 15 is 0 Å². The summed E-state index contributed by atoms with van der Waals surface area (Å²) in [5.74, 6) is 0. The van der Waals surface area contributed by atoms with Crippen molar-refractivity contribution in [3.8, 4) is 0 Å². The van der Waals surface area contributed by atoms with Crippen LogP contribution < -0.4 is 10.6 Å². The van der Waals surface area contributed by atoms with Crippen molar-refractivity contribution in [2.45, 2.75) is 44.4 Å². The molecule has 0 aromatic heterocycles. The summed E-state index contributed by atoms with van der Waals surface area (Å²) >= 11 is 1.80. The van der Waals surface area contributed by atoms with E-state index in [0.29, 0.717) is 0 Å². The highest BCUT2D eigenvalue weighted by atomic mass is 32.2. The minimum atomic E-state index is 0.0596. The van der Waals surface area contributed by atoms with Crippen molar-refractivity contribution in [3.05, 3.63) is 17.2 Å². The van der Waals surface area contributed by atoms with E-state index in [1.54, 1.807) is 11.8 Å². The highest BCUT2D eigenvalue weighted by Crippen LogP contribution is 2.50. The van der Waals surface area contributed by atoms with Gasteiger partial charge in [-0.25, -0.2) is 0 Å². The molecule has 3 nitrogen and oxygen atoms in total. The van der Waals surface area contributed by atoms with Gasteiger partial charge in [-0.15, -0.1) is 0 Å². The number of hydrogen-bond acceptors (Lipinski definition) is 4. The van der Waals surface area contributed by atoms with Gasteiger partial charge < -0.3 is 10.6 Å². The van der Waals surface area contributed by atoms with Crippen LogP contribution in [0.5, 0.6) is 0 Å². The molecule has 19 heavy (non-hydrogen) atoms. The molecule has 0 aliphatic carbocycles. The fourth-order valence-corrected chi connectivity index (χ4v) is 4.51. The Morgan fingerprint density at radius 2 is 2.11 bits per heavy atom. The lowest BCUT2D eigenvalue weighted by Crippen LogP contribution is -2.30. The number of nitrogen functional groups attached to an aromatic ring is 1. The molecular formula is C15H21N3S. The number of fused-ring (bicyclic) bond motifs is 3. The second kappa shape index (κ2) is 4.17. The van der Waals surface area contributed by atoms with Crippen molar-refractivity contribution in [3.63, 3.8) is 0 Å². The van der Waals surface area contributed by atoms with E-state index in [9.17, 15) is 0 Å². The molecule has 3 rings (SSSR count). The summed E-state index contributed by atoms with van der Waals surface area (Å²) in [5.41, 5.74) is 11.1. The molecule has 0 spiro atoms. The van der Waals surface area contributed by atoms with Gasteiger partial charge in [-0.3, -0.25) is 4.99 Å². The van der Waals surface area contributed by atoms with Crippen molar-refractivity contribution >= 4 is 28.3 Å². The lowest BCUT2D eigenvalue weighted by molar-refractivity contribution is 0.580. The summed E-state index contributed by atoms with van der Waals surface area (Å²) in [6.07, 6.45) is 1.14. The number of aryl methyl sites for hydroxylation is 1. The molecule has 0 saturated carbocycles. The number of hydrogen-bond donors (Lipinski definition) is 1. The van der Waals surface area contributed by atoms with Crippen LogP contribution in [0.2, 0.25) is 0 Å². The van der Waals surface area contributed by atoms with E-state index < -0.39 is 0 Å². The normalized spacial score (nSPS) is 18.1. The van der Waals surface area contributed by atoms with E-state index in [-0.39, 0.29) is 5.41 Å². The quantitative estimate of drug-likeness (QED) is 0.736. The largest absolute Gasteiger partial charge is 0.398 e. The minimum Gasteiger partial charge on any atom is -0.398 e. The van der Waals surface area contributed by atoms with Gasteiger partial charge in [-0.2, -0.15) is 0 Å². The second-order valence-corrected chi connectivity index (χ2v) is 7.33. The molecule has 2 aliphatic heterocycles. The van der Waals surface area contributed by atoms with Crippen molar-refractivity contribution < 1.29 is 0 Å². The first-order valence-corrected chi connectivity index (χ1v) is 7.64. The van der Waals surface area contributed by atoms with Crippen molar-refractivity contribution in [1.82, 2.24) is 0 Å².